The number of nitrogens with one attached hydrogen (secondary N) is 1. The summed E-state index contributed by atoms with van der Waals surface area (Å²) in [4.78, 5) is 12.0. The van der Waals surface area contributed by atoms with Gasteiger partial charge in [-0.2, -0.15) is 5.26 Å². The zero-order chi connectivity index (χ0) is 12.0. The summed E-state index contributed by atoms with van der Waals surface area (Å²) in [6, 6.07) is 2.24. The molecule has 1 N–H and O–H groups in total. The summed E-state index contributed by atoms with van der Waals surface area (Å²) in [5.41, 5.74) is -0.658. The van der Waals surface area contributed by atoms with E-state index in [0.717, 1.165) is 18.6 Å². The third-order valence-corrected chi connectivity index (χ3v) is 4.63. The topological polar surface area (TPSA) is 52.9 Å². The highest BCUT2D eigenvalue weighted by Gasteiger charge is 2.31. The van der Waals surface area contributed by atoms with Crippen LogP contribution in [0.1, 0.15) is 46.0 Å². The van der Waals surface area contributed by atoms with Gasteiger partial charge in [-0.25, -0.2) is 0 Å². The third kappa shape index (κ3) is 3.15. The number of carbonyl (C=O) groups excluding carboxylic acids is 1. The molecule has 1 amide bonds. The molecule has 1 heterocycles. The normalized spacial score (nSPS) is 21.2. The third-order valence-electron chi connectivity index (χ3n) is 3.26. The van der Waals surface area contributed by atoms with Gasteiger partial charge in [0.1, 0.15) is 5.54 Å². The quantitative estimate of drug-likeness (QED) is 0.821. The Hall–Kier alpha value is -0.690. The first kappa shape index (κ1) is 13.4. The van der Waals surface area contributed by atoms with Gasteiger partial charge in [-0.3, -0.25) is 4.79 Å². The summed E-state index contributed by atoms with van der Waals surface area (Å²) >= 11 is 1.72. The van der Waals surface area contributed by atoms with Crippen molar-refractivity contribution in [3.8, 4) is 6.07 Å². The van der Waals surface area contributed by atoms with Gasteiger partial charge in [-0.15, -0.1) is 11.8 Å². The molecule has 1 rings (SSSR count). The lowest BCUT2D eigenvalue weighted by atomic mass is 9.94. The van der Waals surface area contributed by atoms with Gasteiger partial charge in [-0.1, -0.05) is 20.3 Å². The summed E-state index contributed by atoms with van der Waals surface area (Å²) in [5, 5.41) is 12.1. The fourth-order valence-electron chi connectivity index (χ4n) is 1.88. The highest BCUT2D eigenvalue weighted by atomic mass is 32.2. The molecule has 0 aromatic rings. The van der Waals surface area contributed by atoms with E-state index in [1.807, 2.05) is 13.8 Å². The van der Waals surface area contributed by atoms with E-state index in [-0.39, 0.29) is 11.2 Å². The van der Waals surface area contributed by atoms with Crippen LogP contribution in [0.4, 0.5) is 0 Å². The summed E-state index contributed by atoms with van der Waals surface area (Å²) < 4.78 is 0. The molecule has 90 valence electrons. The minimum Gasteiger partial charge on any atom is -0.337 e. The van der Waals surface area contributed by atoms with Crippen molar-refractivity contribution in [1.29, 1.82) is 5.26 Å². The fraction of sp³-hybridized carbons (Fsp3) is 0.833. The fourth-order valence-corrected chi connectivity index (χ4v) is 3.08. The Morgan fingerprint density at radius 1 is 1.50 bits per heavy atom. The van der Waals surface area contributed by atoms with E-state index in [4.69, 9.17) is 5.26 Å². The van der Waals surface area contributed by atoms with Crippen LogP contribution in [0.15, 0.2) is 0 Å². The van der Waals surface area contributed by atoms with E-state index < -0.39 is 5.54 Å². The van der Waals surface area contributed by atoms with Crippen LogP contribution in [0.25, 0.3) is 0 Å². The number of thioether (sulfide) groups is 1. The van der Waals surface area contributed by atoms with Gasteiger partial charge in [0, 0.05) is 0 Å². The van der Waals surface area contributed by atoms with Crippen molar-refractivity contribution in [1.82, 2.24) is 5.32 Å². The standard InChI is InChI=1S/C12H20N2OS/c1-3-12(4-2,9-13)14-11(15)10-7-5-6-8-16-10/h10H,3-8H2,1-2H3,(H,14,15). The van der Waals surface area contributed by atoms with Crippen molar-refractivity contribution in [3.63, 3.8) is 0 Å². The molecule has 1 atom stereocenters. The molecule has 1 unspecified atom stereocenters. The van der Waals surface area contributed by atoms with Crippen LogP contribution in [0.2, 0.25) is 0 Å². The van der Waals surface area contributed by atoms with Crippen molar-refractivity contribution < 1.29 is 4.79 Å². The molecule has 1 fully saturated rings. The Morgan fingerprint density at radius 3 is 2.62 bits per heavy atom. The molecule has 16 heavy (non-hydrogen) atoms. The van der Waals surface area contributed by atoms with E-state index >= 15 is 0 Å². The average Bonchev–Trinajstić information content (AvgIpc) is 2.37. The Labute approximate surface area is 102 Å². The number of nitriles is 1. The summed E-state index contributed by atoms with van der Waals surface area (Å²) in [7, 11) is 0. The second-order valence-electron chi connectivity index (χ2n) is 4.25. The number of nitrogens with zero attached hydrogens (tertiary/aromatic N) is 1. The predicted molar refractivity (Wildman–Crippen MR) is 67.2 cm³/mol. The lowest BCUT2D eigenvalue weighted by molar-refractivity contribution is -0.122. The molecule has 3 nitrogen and oxygen atoms in total. The zero-order valence-corrected chi connectivity index (χ0v) is 10.9. The molecule has 0 bridgehead atoms. The van der Waals surface area contributed by atoms with Crippen LogP contribution in [0.5, 0.6) is 0 Å². The van der Waals surface area contributed by atoms with Gasteiger partial charge in [0.15, 0.2) is 0 Å². The van der Waals surface area contributed by atoms with Gasteiger partial charge < -0.3 is 5.32 Å². The second-order valence-corrected chi connectivity index (χ2v) is 5.56. The summed E-state index contributed by atoms with van der Waals surface area (Å²) in [6.45, 7) is 3.89. The van der Waals surface area contributed by atoms with Crippen molar-refractivity contribution in [2.24, 2.45) is 0 Å². The molecule has 0 spiro atoms. The minimum atomic E-state index is -0.658. The van der Waals surface area contributed by atoms with Gasteiger partial charge in [-0.05, 0) is 31.4 Å². The average molecular weight is 240 g/mol. The van der Waals surface area contributed by atoms with Crippen LogP contribution < -0.4 is 5.32 Å². The van der Waals surface area contributed by atoms with E-state index in [0.29, 0.717) is 12.8 Å². The molecular weight excluding hydrogens is 220 g/mol. The summed E-state index contributed by atoms with van der Waals surface area (Å²) in [6.07, 6.45) is 4.62. The maximum absolute atomic E-state index is 12.0. The molecule has 0 aliphatic carbocycles. The van der Waals surface area contributed by atoms with Crippen molar-refractivity contribution in [2.45, 2.75) is 56.7 Å². The largest absolute Gasteiger partial charge is 0.337 e. The minimum absolute atomic E-state index is 0.0509. The maximum atomic E-state index is 12.0. The van der Waals surface area contributed by atoms with E-state index in [9.17, 15) is 4.79 Å². The van der Waals surface area contributed by atoms with Crippen molar-refractivity contribution >= 4 is 17.7 Å². The maximum Gasteiger partial charge on any atom is 0.234 e. The smallest absolute Gasteiger partial charge is 0.234 e. The molecule has 1 aliphatic rings. The molecule has 1 saturated heterocycles. The molecule has 0 aromatic carbocycles. The van der Waals surface area contributed by atoms with E-state index in [2.05, 4.69) is 11.4 Å². The SMILES string of the molecule is CCC(C#N)(CC)NC(=O)C1CCCCS1. The van der Waals surface area contributed by atoms with Crippen molar-refractivity contribution in [2.75, 3.05) is 5.75 Å². The van der Waals surface area contributed by atoms with Crippen molar-refractivity contribution in [3.05, 3.63) is 0 Å². The molecule has 0 radical (unpaired) electrons. The van der Waals surface area contributed by atoms with Crippen LogP contribution in [0.3, 0.4) is 0 Å². The van der Waals surface area contributed by atoms with Crippen LogP contribution in [-0.2, 0) is 4.79 Å². The number of hydrogen-bond acceptors (Lipinski definition) is 3. The second kappa shape index (κ2) is 6.15. The van der Waals surface area contributed by atoms with E-state index in [1.165, 1.54) is 6.42 Å². The number of rotatable bonds is 4. The first-order valence-corrected chi connectivity index (χ1v) is 7.07. The number of hydrogen-bond donors (Lipinski definition) is 1. The molecule has 4 heteroatoms. The Kier molecular flexibility index (Phi) is 5.14. The van der Waals surface area contributed by atoms with Gasteiger partial charge in [0.2, 0.25) is 5.91 Å². The first-order valence-electron chi connectivity index (χ1n) is 6.02. The Morgan fingerprint density at radius 2 is 2.19 bits per heavy atom. The predicted octanol–water partition coefficient (Wildman–Crippen LogP) is 2.47. The molecule has 0 aromatic heterocycles. The molecule has 0 saturated carbocycles. The van der Waals surface area contributed by atoms with Gasteiger partial charge in [0.25, 0.3) is 0 Å². The highest BCUT2D eigenvalue weighted by Crippen LogP contribution is 2.26. The van der Waals surface area contributed by atoms with Crippen LogP contribution >= 0.6 is 11.8 Å². The van der Waals surface area contributed by atoms with Crippen LogP contribution in [0, 0.1) is 11.3 Å². The number of carbonyl (C=O) groups is 1. The monoisotopic (exact) mass is 240 g/mol. The van der Waals surface area contributed by atoms with Gasteiger partial charge in [0.05, 0.1) is 11.3 Å². The number of amides is 1. The summed E-state index contributed by atoms with van der Waals surface area (Å²) in [5.74, 6) is 1.12. The first-order chi connectivity index (χ1) is 7.67. The zero-order valence-electron chi connectivity index (χ0n) is 10.1. The van der Waals surface area contributed by atoms with Gasteiger partial charge >= 0.3 is 0 Å². The van der Waals surface area contributed by atoms with E-state index in [1.54, 1.807) is 11.8 Å². The molecular formula is C12H20N2OS. The Bertz CT molecular complexity index is 275. The highest BCUT2D eigenvalue weighted by molar-refractivity contribution is 8.00. The Balaban J connectivity index is 2.57. The van der Waals surface area contributed by atoms with Crippen LogP contribution in [-0.4, -0.2) is 22.4 Å². The lowest BCUT2D eigenvalue weighted by Gasteiger charge is -2.28. The lowest BCUT2D eigenvalue weighted by Crippen LogP contribution is -2.49. The molecule has 1 aliphatic heterocycles.